The van der Waals surface area contributed by atoms with Crippen molar-refractivity contribution in [2.75, 3.05) is 28.3 Å². The number of aliphatic hydroxyl groups is 3. The van der Waals surface area contributed by atoms with E-state index in [1.165, 1.54) is 12.0 Å². The minimum Gasteiger partial charge on any atom is -0.508 e. The Morgan fingerprint density at radius 2 is 1.56 bits per heavy atom. The van der Waals surface area contributed by atoms with Gasteiger partial charge in [-0.15, -0.1) is 0 Å². The van der Waals surface area contributed by atoms with Gasteiger partial charge >= 0.3 is 0 Å². The highest BCUT2D eigenvalue weighted by atomic mass is 16.5. The Hall–Kier alpha value is -5.57. The summed E-state index contributed by atoms with van der Waals surface area (Å²) in [5, 5.41) is 46.6. The quantitative estimate of drug-likeness (QED) is 0.204. The molecule has 0 aromatic heterocycles. The minimum atomic E-state index is -2.73. The van der Waals surface area contributed by atoms with Crippen molar-refractivity contribution in [3.05, 3.63) is 93.8 Å². The van der Waals surface area contributed by atoms with Crippen LogP contribution in [-0.4, -0.2) is 82.8 Å². The molecule has 1 fully saturated rings. The summed E-state index contributed by atoms with van der Waals surface area (Å²) in [7, 11) is 6.20. The molecule has 0 aliphatic heterocycles. The molecule has 11 nitrogen and oxygen atoms in total. The van der Waals surface area contributed by atoms with Crippen LogP contribution in [0.1, 0.15) is 28.7 Å². The van der Waals surface area contributed by atoms with Crippen LogP contribution < -0.4 is 15.2 Å². The van der Waals surface area contributed by atoms with Gasteiger partial charge in [0, 0.05) is 28.2 Å². The number of methoxy groups -OCH3 is 2. The lowest BCUT2D eigenvalue weighted by molar-refractivity contribution is -0.153. The molecule has 11 heteroatoms. The Morgan fingerprint density at radius 3 is 2.12 bits per heavy atom. The van der Waals surface area contributed by atoms with E-state index >= 15 is 0 Å². The molecule has 0 unspecified atom stereocenters. The average Bonchev–Trinajstić information content (AvgIpc) is 3.06. The average molecular weight is 651 g/mol. The Morgan fingerprint density at radius 1 is 0.958 bits per heavy atom. The molecule has 1 amide bonds. The van der Waals surface area contributed by atoms with Gasteiger partial charge in [-0.2, -0.15) is 0 Å². The van der Waals surface area contributed by atoms with Gasteiger partial charge in [0.2, 0.25) is 5.78 Å². The van der Waals surface area contributed by atoms with Crippen LogP contribution >= 0.6 is 0 Å². The molecule has 246 valence electrons. The van der Waals surface area contributed by atoms with Gasteiger partial charge in [0.05, 0.1) is 25.8 Å². The first kappa shape index (κ1) is 32.4. The van der Waals surface area contributed by atoms with E-state index < -0.39 is 58.0 Å². The molecule has 0 radical (unpaired) electrons. The summed E-state index contributed by atoms with van der Waals surface area (Å²) in [6, 6.07) is 14.5. The number of phenolic OH excluding ortho intramolecular Hbond substituents is 1. The van der Waals surface area contributed by atoms with Crippen molar-refractivity contribution in [2.45, 2.75) is 24.5 Å². The van der Waals surface area contributed by atoms with Crippen LogP contribution in [0.25, 0.3) is 16.9 Å². The molecule has 1 saturated carbocycles. The van der Waals surface area contributed by atoms with E-state index in [-0.39, 0.29) is 29.7 Å². The van der Waals surface area contributed by atoms with Crippen LogP contribution in [0.5, 0.6) is 17.2 Å². The first-order valence-corrected chi connectivity index (χ1v) is 15.2. The van der Waals surface area contributed by atoms with Crippen molar-refractivity contribution in [2.24, 2.45) is 17.6 Å². The number of likely N-dealkylation sites (N-methyl/N-ethyl adjacent to an activating group) is 1. The molecule has 3 aliphatic rings. The third-order valence-electron chi connectivity index (χ3n) is 9.55. The van der Waals surface area contributed by atoms with E-state index in [4.69, 9.17) is 15.2 Å². The van der Waals surface area contributed by atoms with Crippen molar-refractivity contribution in [1.82, 2.24) is 4.90 Å². The number of ether oxygens (including phenoxy) is 2. The normalized spacial score (nSPS) is 23.2. The monoisotopic (exact) mass is 650 g/mol. The fourth-order valence-corrected chi connectivity index (χ4v) is 7.23. The summed E-state index contributed by atoms with van der Waals surface area (Å²) in [4.78, 5) is 41.5. The van der Waals surface area contributed by atoms with Gasteiger partial charge in [-0.25, -0.2) is 0 Å². The number of hydrogen-bond acceptors (Lipinski definition) is 10. The van der Waals surface area contributed by atoms with Gasteiger partial charge in [-0.1, -0.05) is 24.0 Å². The number of rotatable bonds is 5. The number of aromatic hydroxyl groups is 1. The first-order chi connectivity index (χ1) is 22.8. The van der Waals surface area contributed by atoms with Gasteiger partial charge in [0.15, 0.2) is 11.4 Å². The number of benzene rings is 3. The molecular weight excluding hydrogens is 616 g/mol. The summed E-state index contributed by atoms with van der Waals surface area (Å²) in [6.07, 6.45) is 0.0791. The van der Waals surface area contributed by atoms with Crippen LogP contribution in [0, 0.1) is 23.7 Å². The molecule has 3 aromatic carbocycles. The number of Topliss-reactive ketones (excluding diaryl/α,β-unsaturated/α-hetero) is 2. The third kappa shape index (κ3) is 4.89. The smallest absolute Gasteiger partial charge is 0.255 e. The molecule has 6 rings (SSSR count). The second-order valence-electron chi connectivity index (χ2n) is 12.3. The van der Waals surface area contributed by atoms with Crippen LogP contribution in [0.3, 0.4) is 0 Å². The number of primary amides is 1. The number of carbonyl (C=O) groups excluding carboxylic acids is 3. The summed E-state index contributed by atoms with van der Waals surface area (Å²) < 4.78 is 10.5. The Kier molecular flexibility index (Phi) is 8.03. The predicted molar refractivity (Wildman–Crippen MR) is 175 cm³/mol. The summed E-state index contributed by atoms with van der Waals surface area (Å²) in [5.74, 6) is 0.406. The molecule has 3 aromatic rings. The maximum absolute atomic E-state index is 14.3. The van der Waals surface area contributed by atoms with E-state index in [0.29, 0.717) is 39.3 Å². The SMILES string of the molecule is COc1ccc(C#Cc2cc(-c3ccc(OC)cc3)c(O)c3c2C[C@H]2C[C@H]4[C@H](N(C)C)C(=O)C(C(N)=O)=C(O)[C@@]4(O)C(=O)C2=C3O)cc1. The van der Waals surface area contributed by atoms with Crippen molar-refractivity contribution >= 4 is 23.2 Å². The first-order valence-electron chi connectivity index (χ1n) is 15.2. The van der Waals surface area contributed by atoms with E-state index in [0.717, 1.165) is 0 Å². The second kappa shape index (κ2) is 11.9. The summed E-state index contributed by atoms with van der Waals surface area (Å²) in [5.41, 5.74) is 4.07. The molecule has 4 atom stereocenters. The molecule has 6 N–H and O–H groups in total. The van der Waals surface area contributed by atoms with Crippen LogP contribution in [0.4, 0.5) is 0 Å². The maximum Gasteiger partial charge on any atom is 0.255 e. The van der Waals surface area contributed by atoms with E-state index in [2.05, 4.69) is 11.8 Å². The minimum absolute atomic E-state index is 0.0297. The molecule has 3 aliphatic carbocycles. The second-order valence-corrected chi connectivity index (χ2v) is 12.3. The zero-order valence-corrected chi connectivity index (χ0v) is 26.7. The van der Waals surface area contributed by atoms with Crippen molar-refractivity contribution < 1.29 is 44.3 Å². The molecule has 0 heterocycles. The van der Waals surface area contributed by atoms with Crippen molar-refractivity contribution in [3.63, 3.8) is 0 Å². The number of fused-ring (bicyclic) bond motifs is 3. The van der Waals surface area contributed by atoms with Crippen LogP contribution in [0.2, 0.25) is 0 Å². The summed E-state index contributed by atoms with van der Waals surface area (Å²) >= 11 is 0. The number of aliphatic hydroxyl groups excluding tert-OH is 2. The molecule has 0 spiro atoms. The van der Waals surface area contributed by atoms with Gasteiger partial charge < -0.3 is 35.6 Å². The van der Waals surface area contributed by atoms with Gasteiger partial charge in [-0.3, -0.25) is 19.3 Å². The Bertz CT molecular complexity index is 2000. The molecular formula is C37H34N2O9. The van der Waals surface area contributed by atoms with E-state index in [1.807, 2.05) is 0 Å². The topological polar surface area (TPSA) is 180 Å². The number of nitrogens with two attached hydrogens (primary N) is 1. The highest BCUT2D eigenvalue weighted by Gasteiger charge is 2.64. The van der Waals surface area contributed by atoms with Crippen molar-refractivity contribution in [3.8, 4) is 40.2 Å². The number of hydrogen-bond donors (Lipinski definition) is 5. The highest BCUT2D eigenvalue weighted by molar-refractivity contribution is 6.24. The fourth-order valence-electron chi connectivity index (χ4n) is 7.23. The molecule has 0 bridgehead atoms. The number of nitrogens with zero attached hydrogens (tertiary/aromatic N) is 1. The lowest BCUT2D eigenvalue weighted by Crippen LogP contribution is -2.65. The highest BCUT2D eigenvalue weighted by Crippen LogP contribution is 2.54. The van der Waals surface area contributed by atoms with E-state index in [1.54, 1.807) is 75.8 Å². The van der Waals surface area contributed by atoms with Gasteiger partial charge in [0.1, 0.15) is 34.3 Å². The summed E-state index contributed by atoms with van der Waals surface area (Å²) in [6.45, 7) is 0. The largest absolute Gasteiger partial charge is 0.508 e. The Balaban J connectivity index is 1.58. The van der Waals surface area contributed by atoms with Crippen LogP contribution in [-0.2, 0) is 20.8 Å². The number of amides is 1. The fraction of sp³-hybridized carbons (Fsp3) is 0.270. The standard InChI is InChI=1S/C37H34N2O9/c1-39(2)30-26-17-21-16-24-20(8-5-18-6-11-22(47-3)12-7-18)15-25(19-9-13-23(48-4)14-10-19)31(40)28(24)32(41)27(21)34(43)37(26,46)35(44)29(33(30)42)36(38)45/h6-7,9-15,21,26,30,40-41,44,46H,16-17H2,1-4H3,(H2,38,45)/t21-,26-,30-,37-/m0/s1. The number of carbonyl (C=O) groups is 3. The van der Waals surface area contributed by atoms with Crippen LogP contribution in [0.15, 0.2) is 71.5 Å². The predicted octanol–water partition coefficient (Wildman–Crippen LogP) is 3.05. The third-order valence-corrected chi connectivity index (χ3v) is 9.55. The Labute approximate surface area is 276 Å². The zero-order chi connectivity index (χ0) is 34.7. The number of phenols is 1. The van der Waals surface area contributed by atoms with Crippen molar-refractivity contribution in [1.29, 1.82) is 0 Å². The molecule has 0 saturated heterocycles. The number of ketones is 2. The van der Waals surface area contributed by atoms with Gasteiger partial charge in [0.25, 0.3) is 5.91 Å². The van der Waals surface area contributed by atoms with Gasteiger partial charge in [-0.05, 0) is 86.4 Å². The maximum atomic E-state index is 14.3. The zero-order valence-electron chi connectivity index (χ0n) is 26.7. The van der Waals surface area contributed by atoms with E-state index in [9.17, 15) is 34.8 Å². The lowest BCUT2D eigenvalue weighted by Gasteiger charge is -2.50. The lowest BCUT2D eigenvalue weighted by atomic mass is 9.57. The molecule has 48 heavy (non-hydrogen) atoms.